The summed E-state index contributed by atoms with van der Waals surface area (Å²) in [6.07, 6.45) is -7.03. The van der Waals surface area contributed by atoms with Gasteiger partial charge in [0.2, 0.25) is 0 Å². The number of carbonyl (C=O) groups excluding carboxylic acids is 7. The number of cyclic esters (lactones) is 1. The van der Waals surface area contributed by atoms with E-state index in [1.807, 2.05) is 25.9 Å². The number of esters is 3. The summed E-state index contributed by atoms with van der Waals surface area (Å²) in [7, 11) is 3.63. The zero-order valence-electron chi connectivity index (χ0n) is 35.1. The second-order valence-corrected chi connectivity index (χ2v) is 17.0. The third kappa shape index (κ3) is 10.0. The van der Waals surface area contributed by atoms with E-state index < -0.39 is 119 Å². The molecule has 3 fully saturated rings. The predicted octanol–water partition coefficient (Wildman–Crippen LogP) is 4.61. The molecule has 0 N–H and O–H groups in total. The Kier molecular flexibility index (Phi) is 14.3. The standard InChI is InChI=1S/C39H62N2O14/c1-16-27-39(13)31(41(36(48)55-39)35(47)54-37(9,10)11)21(4)28(44)19(2)18-38(12,53-25(8)43)32(22(5)29(45)23(6)33(46)51-27)52-34-30(50-24(7)42)26(40(14)15)17-20(3)49-34/h19-23,26-27,30-32,34H,16-18H2,1-15H3/t19-,20-,21+,22+,23-,26+,27-,30-,31-,32-,34+,38-,39-/m1/s1. The Morgan fingerprint density at radius 1 is 0.927 bits per heavy atom. The summed E-state index contributed by atoms with van der Waals surface area (Å²) in [5.41, 5.74) is -4.52. The average Bonchev–Trinajstić information content (AvgIpc) is 3.33. The highest BCUT2D eigenvalue weighted by Gasteiger charge is 2.63. The monoisotopic (exact) mass is 782 g/mol. The van der Waals surface area contributed by atoms with Gasteiger partial charge in [0, 0.05) is 31.6 Å². The van der Waals surface area contributed by atoms with Crippen molar-refractivity contribution < 1.29 is 66.7 Å². The molecule has 16 heteroatoms. The van der Waals surface area contributed by atoms with Crippen molar-refractivity contribution in [3.63, 3.8) is 0 Å². The number of carbonyl (C=O) groups is 7. The minimum Gasteiger partial charge on any atom is -0.458 e. The summed E-state index contributed by atoms with van der Waals surface area (Å²) in [5, 5.41) is 0. The van der Waals surface area contributed by atoms with E-state index in [2.05, 4.69) is 0 Å². The Balaban J connectivity index is 2.26. The molecular formula is C39H62N2O14. The number of likely N-dealkylation sites (N-methyl/N-ethyl adjacent to an activating group) is 1. The molecule has 0 saturated carbocycles. The smallest absolute Gasteiger partial charge is 0.420 e. The second kappa shape index (κ2) is 17.2. The molecule has 0 unspecified atom stereocenters. The van der Waals surface area contributed by atoms with Crippen LogP contribution in [0.2, 0.25) is 0 Å². The molecule has 0 bridgehead atoms. The van der Waals surface area contributed by atoms with Gasteiger partial charge < -0.3 is 38.1 Å². The molecule has 0 aromatic heterocycles. The van der Waals surface area contributed by atoms with Crippen LogP contribution in [-0.2, 0) is 57.1 Å². The fourth-order valence-electron chi connectivity index (χ4n) is 8.40. The number of hydrogen-bond donors (Lipinski definition) is 0. The second-order valence-electron chi connectivity index (χ2n) is 17.0. The van der Waals surface area contributed by atoms with E-state index in [4.69, 9.17) is 33.2 Å². The molecule has 55 heavy (non-hydrogen) atoms. The maximum absolute atomic E-state index is 14.6. The van der Waals surface area contributed by atoms with E-state index in [0.29, 0.717) is 6.42 Å². The van der Waals surface area contributed by atoms with Crippen molar-refractivity contribution >= 4 is 41.7 Å². The number of Topliss-reactive ketones (excluding diaryl/α,β-unsaturated/α-hetero) is 2. The largest absolute Gasteiger partial charge is 0.458 e. The number of amides is 2. The van der Waals surface area contributed by atoms with Gasteiger partial charge in [-0.2, -0.15) is 0 Å². The van der Waals surface area contributed by atoms with Crippen LogP contribution in [0.4, 0.5) is 9.59 Å². The third-order valence-electron chi connectivity index (χ3n) is 10.8. The van der Waals surface area contributed by atoms with Crippen molar-refractivity contribution in [3.8, 4) is 0 Å². The quantitative estimate of drug-likeness (QED) is 0.206. The Labute approximate surface area is 324 Å². The molecule has 3 rings (SSSR count). The van der Waals surface area contributed by atoms with Gasteiger partial charge in [-0.15, -0.1) is 0 Å². The van der Waals surface area contributed by atoms with E-state index >= 15 is 0 Å². The maximum Gasteiger partial charge on any atom is 0.420 e. The van der Waals surface area contributed by atoms with Crippen LogP contribution in [0.25, 0.3) is 0 Å². The van der Waals surface area contributed by atoms with Crippen molar-refractivity contribution in [2.45, 2.75) is 169 Å². The first kappa shape index (κ1) is 45.8. The van der Waals surface area contributed by atoms with E-state index in [1.54, 1.807) is 34.6 Å². The first-order valence-corrected chi connectivity index (χ1v) is 19.1. The number of nitrogens with zero attached hydrogens (tertiary/aromatic N) is 2. The zero-order valence-corrected chi connectivity index (χ0v) is 35.1. The Morgan fingerprint density at radius 2 is 1.53 bits per heavy atom. The molecular weight excluding hydrogens is 720 g/mol. The summed E-state index contributed by atoms with van der Waals surface area (Å²) < 4.78 is 42.0. The molecule has 312 valence electrons. The molecule has 13 atom stereocenters. The van der Waals surface area contributed by atoms with Gasteiger partial charge in [-0.25, -0.2) is 14.5 Å². The number of ether oxygens (including phenoxy) is 7. The lowest BCUT2D eigenvalue weighted by molar-refractivity contribution is -0.297. The maximum atomic E-state index is 14.6. The molecule has 16 nitrogen and oxygen atoms in total. The minimum atomic E-state index is -1.75. The van der Waals surface area contributed by atoms with Gasteiger partial charge in [0.1, 0.15) is 35.1 Å². The molecule has 0 aromatic carbocycles. The Morgan fingerprint density at radius 3 is 2.04 bits per heavy atom. The van der Waals surface area contributed by atoms with Crippen LogP contribution in [0.5, 0.6) is 0 Å². The van der Waals surface area contributed by atoms with Crippen molar-refractivity contribution in [1.82, 2.24) is 9.80 Å². The van der Waals surface area contributed by atoms with Crippen molar-refractivity contribution in [3.05, 3.63) is 0 Å². The number of ketones is 2. The van der Waals surface area contributed by atoms with Gasteiger partial charge in [-0.3, -0.25) is 24.0 Å². The summed E-state index contributed by atoms with van der Waals surface area (Å²) >= 11 is 0. The summed E-state index contributed by atoms with van der Waals surface area (Å²) in [6, 6.07) is -1.70. The van der Waals surface area contributed by atoms with Crippen LogP contribution >= 0.6 is 0 Å². The fourth-order valence-corrected chi connectivity index (χ4v) is 8.40. The van der Waals surface area contributed by atoms with Crippen molar-refractivity contribution in [2.75, 3.05) is 14.1 Å². The molecule has 3 aliphatic heterocycles. The number of fused-ring (bicyclic) bond motifs is 1. The lowest BCUT2D eigenvalue weighted by Crippen LogP contribution is -2.61. The molecule has 0 aromatic rings. The molecule has 0 spiro atoms. The van der Waals surface area contributed by atoms with Gasteiger partial charge in [0.05, 0.1) is 18.2 Å². The normalized spacial score (nSPS) is 38.0. The van der Waals surface area contributed by atoms with Crippen molar-refractivity contribution in [2.24, 2.45) is 23.7 Å². The van der Waals surface area contributed by atoms with Crippen LogP contribution < -0.4 is 0 Å². The highest BCUT2D eigenvalue weighted by molar-refractivity contribution is 6.00. The average molecular weight is 783 g/mol. The highest BCUT2D eigenvalue weighted by Crippen LogP contribution is 2.44. The third-order valence-corrected chi connectivity index (χ3v) is 10.8. The van der Waals surface area contributed by atoms with Crippen LogP contribution in [0.15, 0.2) is 0 Å². The topological polar surface area (TPSA) is 191 Å². The van der Waals surface area contributed by atoms with E-state index in [-0.39, 0.29) is 18.9 Å². The van der Waals surface area contributed by atoms with Crippen LogP contribution in [-0.4, -0.2) is 125 Å². The van der Waals surface area contributed by atoms with Crippen molar-refractivity contribution in [1.29, 1.82) is 0 Å². The van der Waals surface area contributed by atoms with E-state index in [0.717, 1.165) is 4.90 Å². The SMILES string of the molecule is CC[C@H]1OC(=O)[C@H](C)C(=O)[C@H](C)[C@@H](O[C@@H]2O[C@H](C)C[C@H](N(C)C)[C@H]2OC(C)=O)[C@](C)(OC(C)=O)C[C@@H](C)C(=O)[C@H](C)[C@H]2N(C(=O)OC(C)(C)C)C(=O)O[C@]12C. The molecule has 0 aliphatic carbocycles. The molecule has 3 heterocycles. The van der Waals surface area contributed by atoms with E-state index in [1.165, 1.54) is 48.5 Å². The number of hydrogen-bond acceptors (Lipinski definition) is 15. The van der Waals surface area contributed by atoms with Gasteiger partial charge >= 0.3 is 30.1 Å². The van der Waals surface area contributed by atoms with Gasteiger partial charge in [0.25, 0.3) is 0 Å². The summed E-state index contributed by atoms with van der Waals surface area (Å²) in [4.78, 5) is 98.0. The first-order valence-electron chi connectivity index (χ1n) is 19.1. The van der Waals surface area contributed by atoms with Crippen LogP contribution in [0.3, 0.4) is 0 Å². The first-order chi connectivity index (χ1) is 25.2. The minimum absolute atomic E-state index is 0.0825. The zero-order chi connectivity index (χ0) is 42.1. The summed E-state index contributed by atoms with van der Waals surface area (Å²) in [6.45, 7) is 19.8. The Hall–Kier alpha value is -3.63. The molecule has 2 amide bonds. The van der Waals surface area contributed by atoms with Crippen LogP contribution in [0, 0.1) is 23.7 Å². The van der Waals surface area contributed by atoms with Gasteiger partial charge in [0.15, 0.2) is 23.8 Å². The highest BCUT2D eigenvalue weighted by atomic mass is 16.7. The molecule has 0 radical (unpaired) electrons. The van der Waals surface area contributed by atoms with E-state index in [9.17, 15) is 33.6 Å². The molecule has 3 saturated heterocycles. The molecule has 3 aliphatic rings. The lowest BCUT2D eigenvalue weighted by Gasteiger charge is -2.47. The number of imide groups is 1. The summed E-state index contributed by atoms with van der Waals surface area (Å²) in [5.74, 6) is -8.11. The number of rotatable bonds is 6. The lowest BCUT2D eigenvalue weighted by atomic mass is 9.73. The fraction of sp³-hybridized carbons (Fsp3) is 0.821. The van der Waals surface area contributed by atoms with Gasteiger partial charge in [-0.1, -0.05) is 27.7 Å². The van der Waals surface area contributed by atoms with Gasteiger partial charge in [-0.05, 0) is 81.8 Å². The predicted molar refractivity (Wildman–Crippen MR) is 195 cm³/mol. The Bertz CT molecular complexity index is 1490. The van der Waals surface area contributed by atoms with Crippen LogP contribution in [0.1, 0.15) is 109 Å².